The lowest BCUT2D eigenvalue weighted by Gasteiger charge is -2.21. The van der Waals surface area contributed by atoms with Crippen molar-refractivity contribution in [2.24, 2.45) is 0 Å². The maximum Gasteiger partial charge on any atom is 0.337 e. The van der Waals surface area contributed by atoms with Gasteiger partial charge in [0.25, 0.3) is 0 Å². The van der Waals surface area contributed by atoms with Crippen molar-refractivity contribution in [1.29, 1.82) is 0 Å². The van der Waals surface area contributed by atoms with Crippen LogP contribution >= 0.6 is 0 Å². The molecule has 0 unspecified atom stereocenters. The van der Waals surface area contributed by atoms with Crippen LogP contribution in [-0.2, 0) is 11.3 Å². The minimum atomic E-state index is -0.419. The second-order valence-electron chi connectivity index (χ2n) is 6.19. The van der Waals surface area contributed by atoms with Gasteiger partial charge < -0.3 is 19.5 Å². The minimum Gasteiger partial charge on any atom is -0.465 e. The Bertz CT molecular complexity index is 768. The van der Waals surface area contributed by atoms with Crippen molar-refractivity contribution in [3.05, 3.63) is 41.5 Å². The Labute approximate surface area is 151 Å². The highest BCUT2D eigenvalue weighted by Gasteiger charge is 2.26. The molecule has 1 aromatic heterocycles. The molecule has 1 heterocycles. The number of hydrogen-bond donors (Lipinski definition) is 1. The average molecular weight is 358 g/mol. The molecule has 1 aromatic carbocycles. The first-order chi connectivity index (χ1) is 12.6. The number of nitrogens with zero attached hydrogens (tertiary/aromatic N) is 3. The van der Waals surface area contributed by atoms with Gasteiger partial charge in [0.15, 0.2) is 5.82 Å². The van der Waals surface area contributed by atoms with Crippen molar-refractivity contribution < 1.29 is 18.8 Å². The van der Waals surface area contributed by atoms with Crippen molar-refractivity contribution in [3.63, 3.8) is 0 Å². The molecule has 1 N–H and O–H groups in total. The zero-order valence-electron chi connectivity index (χ0n) is 14.9. The number of aromatic nitrogens is 2. The molecule has 0 saturated heterocycles. The van der Waals surface area contributed by atoms with Gasteiger partial charge in [-0.1, -0.05) is 11.6 Å². The van der Waals surface area contributed by atoms with Crippen molar-refractivity contribution >= 4 is 17.7 Å². The Morgan fingerprint density at radius 1 is 1.31 bits per heavy atom. The summed E-state index contributed by atoms with van der Waals surface area (Å²) in [6, 6.07) is 6.24. The van der Waals surface area contributed by atoms with Crippen LogP contribution in [0.25, 0.3) is 0 Å². The number of benzene rings is 1. The summed E-state index contributed by atoms with van der Waals surface area (Å²) in [5.41, 5.74) is 1.01. The van der Waals surface area contributed by atoms with Crippen LogP contribution in [0.15, 0.2) is 28.8 Å². The Kier molecular flexibility index (Phi) is 5.50. The SMILES string of the molecule is CCN(Cc1noc(C2CCC2)n1)C(=O)Nc1ccc(C(=O)OC)cc1. The van der Waals surface area contributed by atoms with Gasteiger partial charge in [-0.2, -0.15) is 4.98 Å². The van der Waals surface area contributed by atoms with Gasteiger partial charge in [-0.15, -0.1) is 0 Å². The standard InChI is InChI=1S/C18H22N4O4/c1-3-22(11-15-20-16(26-21-15)12-5-4-6-12)18(24)19-14-9-7-13(8-10-14)17(23)25-2/h7-10,12H,3-6,11H2,1-2H3,(H,19,24). The van der Waals surface area contributed by atoms with Gasteiger partial charge in [-0.05, 0) is 44.0 Å². The van der Waals surface area contributed by atoms with Crippen LogP contribution in [0.3, 0.4) is 0 Å². The summed E-state index contributed by atoms with van der Waals surface area (Å²) in [6.07, 6.45) is 3.36. The Hall–Kier alpha value is -2.90. The summed E-state index contributed by atoms with van der Waals surface area (Å²) in [6.45, 7) is 2.66. The third kappa shape index (κ3) is 4.01. The zero-order valence-corrected chi connectivity index (χ0v) is 14.9. The molecular formula is C18H22N4O4. The minimum absolute atomic E-state index is 0.270. The predicted molar refractivity (Wildman–Crippen MR) is 93.8 cm³/mol. The number of esters is 1. The van der Waals surface area contributed by atoms with Gasteiger partial charge in [0.05, 0.1) is 19.2 Å². The van der Waals surface area contributed by atoms with Gasteiger partial charge >= 0.3 is 12.0 Å². The van der Waals surface area contributed by atoms with E-state index in [1.165, 1.54) is 13.5 Å². The van der Waals surface area contributed by atoms with E-state index in [2.05, 4.69) is 20.2 Å². The number of methoxy groups -OCH3 is 1. The van der Waals surface area contributed by atoms with Crippen LogP contribution in [0.5, 0.6) is 0 Å². The molecular weight excluding hydrogens is 336 g/mol. The van der Waals surface area contributed by atoms with E-state index in [-0.39, 0.29) is 12.6 Å². The predicted octanol–water partition coefficient (Wildman–Crippen LogP) is 3.18. The number of carbonyl (C=O) groups excluding carboxylic acids is 2. The third-order valence-corrected chi connectivity index (χ3v) is 4.50. The van der Waals surface area contributed by atoms with Crippen LogP contribution < -0.4 is 5.32 Å². The first-order valence-corrected chi connectivity index (χ1v) is 8.67. The summed E-state index contributed by atoms with van der Waals surface area (Å²) >= 11 is 0. The van der Waals surface area contributed by atoms with Crippen molar-refractivity contribution in [2.75, 3.05) is 19.0 Å². The Morgan fingerprint density at radius 3 is 2.62 bits per heavy atom. The molecule has 1 aliphatic rings. The Balaban J connectivity index is 1.59. The van der Waals surface area contributed by atoms with E-state index in [4.69, 9.17) is 4.52 Å². The number of ether oxygens (including phenoxy) is 1. The molecule has 3 rings (SSSR count). The lowest BCUT2D eigenvalue weighted by molar-refractivity contribution is 0.0600. The molecule has 0 bridgehead atoms. The second-order valence-corrected chi connectivity index (χ2v) is 6.19. The molecule has 26 heavy (non-hydrogen) atoms. The lowest BCUT2D eigenvalue weighted by Crippen LogP contribution is -2.34. The van der Waals surface area contributed by atoms with Crippen molar-refractivity contribution in [1.82, 2.24) is 15.0 Å². The van der Waals surface area contributed by atoms with Gasteiger partial charge in [0.2, 0.25) is 5.89 Å². The fourth-order valence-corrected chi connectivity index (χ4v) is 2.66. The van der Waals surface area contributed by atoms with E-state index >= 15 is 0 Å². The van der Waals surface area contributed by atoms with Gasteiger partial charge in [0, 0.05) is 18.2 Å². The second kappa shape index (κ2) is 7.99. The number of carbonyl (C=O) groups is 2. The molecule has 8 heteroatoms. The number of anilines is 1. The Morgan fingerprint density at radius 2 is 2.04 bits per heavy atom. The van der Waals surface area contributed by atoms with E-state index in [1.807, 2.05) is 6.92 Å². The molecule has 138 valence electrons. The summed E-state index contributed by atoms with van der Waals surface area (Å²) in [5.74, 6) is 1.12. The van der Waals surface area contributed by atoms with Crippen molar-refractivity contribution in [3.8, 4) is 0 Å². The maximum atomic E-state index is 12.5. The summed E-state index contributed by atoms with van der Waals surface area (Å²) < 4.78 is 9.95. The summed E-state index contributed by atoms with van der Waals surface area (Å²) in [5, 5.41) is 6.78. The quantitative estimate of drug-likeness (QED) is 0.797. The molecule has 2 amide bonds. The smallest absolute Gasteiger partial charge is 0.337 e. The van der Waals surface area contributed by atoms with E-state index in [9.17, 15) is 9.59 Å². The fraction of sp³-hybridized carbons (Fsp3) is 0.444. The van der Waals surface area contributed by atoms with E-state index in [0.29, 0.717) is 35.4 Å². The molecule has 0 atom stereocenters. The summed E-state index contributed by atoms with van der Waals surface area (Å²) in [7, 11) is 1.32. The molecule has 0 radical (unpaired) electrons. The van der Waals surface area contributed by atoms with Crippen molar-refractivity contribution in [2.45, 2.75) is 38.6 Å². The molecule has 8 nitrogen and oxygen atoms in total. The lowest BCUT2D eigenvalue weighted by atomic mass is 9.85. The van der Waals surface area contributed by atoms with Gasteiger partial charge in [0.1, 0.15) is 0 Å². The van der Waals surface area contributed by atoms with Crippen LogP contribution in [0, 0.1) is 0 Å². The normalized spacial score (nSPS) is 13.8. The third-order valence-electron chi connectivity index (χ3n) is 4.50. The fourth-order valence-electron chi connectivity index (χ4n) is 2.66. The van der Waals surface area contributed by atoms with E-state index < -0.39 is 5.97 Å². The van der Waals surface area contributed by atoms with Crippen LogP contribution in [0.1, 0.15) is 54.2 Å². The molecule has 1 aliphatic carbocycles. The number of hydrogen-bond acceptors (Lipinski definition) is 6. The molecule has 1 fully saturated rings. The number of rotatable bonds is 6. The highest BCUT2D eigenvalue weighted by atomic mass is 16.5. The molecule has 0 aliphatic heterocycles. The molecule has 1 saturated carbocycles. The number of amides is 2. The van der Waals surface area contributed by atoms with Crippen LogP contribution in [0.4, 0.5) is 10.5 Å². The summed E-state index contributed by atoms with van der Waals surface area (Å²) in [4.78, 5) is 29.9. The number of urea groups is 1. The average Bonchev–Trinajstić information content (AvgIpc) is 3.06. The van der Waals surface area contributed by atoms with Crippen LogP contribution in [-0.4, -0.2) is 40.7 Å². The van der Waals surface area contributed by atoms with E-state index in [0.717, 1.165) is 12.8 Å². The molecule has 0 spiro atoms. The largest absolute Gasteiger partial charge is 0.465 e. The highest BCUT2D eigenvalue weighted by molar-refractivity contribution is 5.92. The zero-order chi connectivity index (χ0) is 18.5. The first kappa shape index (κ1) is 17.9. The van der Waals surface area contributed by atoms with Gasteiger partial charge in [-0.25, -0.2) is 9.59 Å². The topological polar surface area (TPSA) is 97.6 Å². The molecule has 2 aromatic rings. The number of nitrogens with one attached hydrogen (secondary N) is 1. The van der Waals surface area contributed by atoms with E-state index in [1.54, 1.807) is 29.2 Å². The highest BCUT2D eigenvalue weighted by Crippen LogP contribution is 2.35. The van der Waals surface area contributed by atoms with Crippen LogP contribution in [0.2, 0.25) is 0 Å². The maximum absolute atomic E-state index is 12.5. The monoisotopic (exact) mass is 358 g/mol. The van der Waals surface area contributed by atoms with Gasteiger partial charge in [-0.3, -0.25) is 0 Å². The first-order valence-electron chi connectivity index (χ1n) is 8.67.